The molecule has 2 saturated carbocycles. The number of hydrogen-bond acceptors (Lipinski definition) is 3. The zero-order valence-corrected chi connectivity index (χ0v) is 19.9. The van der Waals surface area contributed by atoms with E-state index in [9.17, 15) is 15.3 Å². The van der Waals surface area contributed by atoms with Crippen LogP contribution in [0.2, 0.25) is 0 Å². The van der Waals surface area contributed by atoms with Crippen LogP contribution in [0.5, 0.6) is 0 Å². The summed E-state index contributed by atoms with van der Waals surface area (Å²) in [6, 6.07) is 0. The average Bonchev–Trinajstić information content (AvgIpc) is 3.00. The van der Waals surface area contributed by atoms with Gasteiger partial charge in [-0.15, -0.1) is 5.73 Å². The Morgan fingerprint density at radius 1 is 1.27 bits per heavy atom. The summed E-state index contributed by atoms with van der Waals surface area (Å²) in [4.78, 5) is 0. The van der Waals surface area contributed by atoms with Crippen LogP contribution in [0.4, 0.5) is 0 Å². The highest BCUT2D eigenvalue weighted by molar-refractivity contribution is 5.32. The number of rotatable bonds is 6. The number of aliphatic hydroxyl groups is 3. The van der Waals surface area contributed by atoms with Crippen LogP contribution in [-0.2, 0) is 0 Å². The molecular formula is C27H44O3. The molecule has 0 spiro atoms. The van der Waals surface area contributed by atoms with Crippen molar-refractivity contribution in [3.05, 3.63) is 28.5 Å². The first kappa shape index (κ1) is 23.8. The van der Waals surface area contributed by atoms with Crippen molar-refractivity contribution >= 4 is 0 Å². The van der Waals surface area contributed by atoms with Crippen molar-refractivity contribution < 1.29 is 15.3 Å². The fraction of sp³-hybridized carbons (Fsp3) is 0.815. The summed E-state index contributed by atoms with van der Waals surface area (Å²) in [5, 5.41) is 30.3. The summed E-state index contributed by atoms with van der Waals surface area (Å²) in [5.74, 6) is 2.06. The normalized spacial score (nSPS) is 35.8. The van der Waals surface area contributed by atoms with Gasteiger partial charge in [-0.1, -0.05) is 26.7 Å². The molecule has 0 unspecified atom stereocenters. The van der Waals surface area contributed by atoms with Crippen molar-refractivity contribution in [1.29, 1.82) is 0 Å². The van der Waals surface area contributed by atoms with Crippen LogP contribution in [0.3, 0.4) is 0 Å². The lowest BCUT2D eigenvalue weighted by atomic mass is 9.61. The first-order valence-electron chi connectivity index (χ1n) is 12.2. The maximum absolute atomic E-state index is 10.2. The van der Waals surface area contributed by atoms with Gasteiger partial charge in [-0.3, -0.25) is 0 Å². The van der Waals surface area contributed by atoms with Gasteiger partial charge in [-0.25, -0.2) is 0 Å². The molecular weight excluding hydrogens is 372 g/mol. The molecule has 3 heteroatoms. The Hall–Kier alpha value is -0.860. The highest BCUT2D eigenvalue weighted by atomic mass is 16.3. The van der Waals surface area contributed by atoms with Crippen molar-refractivity contribution in [3.63, 3.8) is 0 Å². The summed E-state index contributed by atoms with van der Waals surface area (Å²) in [5.41, 5.74) is 6.99. The molecule has 0 aliphatic heterocycles. The SMILES string of the molecule is CC1=C(C=C=C2CCC[C@@]3(C)[C@@H]2CC[C@@H]3[C@H](C)CCCC(C)(C)O)C[C@@H](O)C[C@@H]1O. The molecule has 30 heavy (non-hydrogen) atoms. The molecule has 3 rings (SSSR count). The molecule has 0 radical (unpaired) electrons. The molecule has 0 aromatic carbocycles. The highest BCUT2D eigenvalue weighted by Gasteiger charge is 2.50. The minimum Gasteiger partial charge on any atom is -0.393 e. The van der Waals surface area contributed by atoms with Crippen LogP contribution in [0, 0.1) is 23.2 Å². The van der Waals surface area contributed by atoms with Crippen LogP contribution in [-0.4, -0.2) is 33.1 Å². The highest BCUT2D eigenvalue weighted by Crippen LogP contribution is 2.59. The number of hydrogen-bond donors (Lipinski definition) is 3. The van der Waals surface area contributed by atoms with E-state index >= 15 is 0 Å². The largest absolute Gasteiger partial charge is 0.393 e. The van der Waals surface area contributed by atoms with Crippen molar-refractivity contribution in [3.8, 4) is 0 Å². The zero-order valence-electron chi connectivity index (χ0n) is 19.9. The van der Waals surface area contributed by atoms with E-state index in [2.05, 4.69) is 25.7 Å². The maximum atomic E-state index is 10.2. The molecule has 0 saturated heterocycles. The van der Waals surface area contributed by atoms with E-state index in [4.69, 9.17) is 0 Å². The number of fused-ring (bicyclic) bond motifs is 1. The molecule has 0 bridgehead atoms. The van der Waals surface area contributed by atoms with Crippen LogP contribution in [0.15, 0.2) is 28.5 Å². The summed E-state index contributed by atoms with van der Waals surface area (Å²) >= 11 is 0. The second kappa shape index (κ2) is 9.33. The van der Waals surface area contributed by atoms with Gasteiger partial charge in [0.25, 0.3) is 0 Å². The second-order valence-corrected chi connectivity index (χ2v) is 11.4. The van der Waals surface area contributed by atoms with Gasteiger partial charge in [0.2, 0.25) is 0 Å². The average molecular weight is 417 g/mol. The minimum absolute atomic E-state index is 0.359. The smallest absolute Gasteiger partial charge is 0.0778 e. The van der Waals surface area contributed by atoms with E-state index in [1.54, 1.807) is 0 Å². The van der Waals surface area contributed by atoms with Crippen molar-refractivity contribution in [2.75, 3.05) is 0 Å². The Kier molecular flexibility index (Phi) is 7.40. The van der Waals surface area contributed by atoms with Gasteiger partial charge in [0, 0.05) is 6.42 Å². The predicted molar refractivity (Wildman–Crippen MR) is 123 cm³/mol. The third-order valence-corrected chi connectivity index (χ3v) is 8.52. The molecule has 2 fully saturated rings. The van der Waals surface area contributed by atoms with Gasteiger partial charge < -0.3 is 15.3 Å². The van der Waals surface area contributed by atoms with Crippen molar-refractivity contribution in [1.82, 2.24) is 0 Å². The Labute approximate surface area is 184 Å². The molecule has 3 aliphatic rings. The summed E-state index contributed by atoms with van der Waals surface area (Å²) < 4.78 is 0. The molecule has 3 N–H and O–H groups in total. The number of allylic oxidation sites excluding steroid dienone is 1. The minimum atomic E-state index is -0.555. The first-order valence-corrected chi connectivity index (χ1v) is 12.2. The molecule has 0 amide bonds. The lowest BCUT2D eigenvalue weighted by molar-refractivity contribution is 0.0596. The third-order valence-electron chi connectivity index (χ3n) is 8.52. The van der Waals surface area contributed by atoms with Crippen LogP contribution >= 0.6 is 0 Å². The lowest BCUT2D eigenvalue weighted by Gasteiger charge is -2.44. The molecule has 170 valence electrons. The number of aliphatic hydroxyl groups excluding tert-OH is 2. The van der Waals surface area contributed by atoms with Crippen LogP contribution in [0.25, 0.3) is 0 Å². The van der Waals surface area contributed by atoms with Gasteiger partial charge in [0.1, 0.15) is 0 Å². The monoisotopic (exact) mass is 416 g/mol. The molecule has 0 aromatic rings. The molecule has 3 aliphatic carbocycles. The summed E-state index contributed by atoms with van der Waals surface area (Å²) in [6.07, 6.45) is 11.6. The lowest BCUT2D eigenvalue weighted by Crippen LogP contribution is -2.36. The summed E-state index contributed by atoms with van der Waals surface area (Å²) in [6.45, 7) is 10.8. The summed E-state index contributed by atoms with van der Waals surface area (Å²) in [7, 11) is 0. The Bertz CT molecular complexity index is 706. The van der Waals surface area contributed by atoms with E-state index in [1.165, 1.54) is 37.7 Å². The standard InChI is InChI=1S/C27H44O3/c1-18(8-6-14-26(3,4)30)23-12-13-24-20(9-7-15-27(23,24)5)10-11-21-16-22(28)17-25(29)19(21)2/h11,18,22-25,28-30H,6-9,12-17H2,1-5H3/t10?,18-,22-,23-,24-,25+,27-/m1/s1. The molecule has 3 nitrogen and oxygen atoms in total. The fourth-order valence-electron chi connectivity index (χ4n) is 6.69. The van der Waals surface area contributed by atoms with Gasteiger partial charge >= 0.3 is 0 Å². The van der Waals surface area contributed by atoms with Crippen LogP contribution in [0.1, 0.15) is 98.8 Å². The Morgan fingerprint density at radius 2 is 2.00 bits per heavy atom. The van der Waals surface area contributed by atoms with Crippen molar-refractivity contribution in [2.45, 2.75) is 117 Å². The van der Waals surface area contributed by atoms with E-state index in [0.29, 0.717) is 30.1 Å². The maximum Gasteiger partial charge on any atom is 0.0778 e. The Balaban J connectivity index is 1.74. The van der Waals surface area contributed by atoms with E-state index in [0.717, 1.165) is 36.3 Å². The Morgan fingerprint density at radius 3 is 2.70 bits per heavy atom. The topological polar surface area (TPSA) is 60.7 Å². The quantitative estimate of drug-likeness (QED) is 0.487. The fourth-order valence-corrected chi connectivity index (χ4v) is 6.69. The third kappa shape index (κ3) is 5.30. The second-order valence-electron chi connectivity index (χ2n) is 11.4. The molecule has 0 heterocycles. The van der Waals surface area contributed by atoms with E-state index < -0.39 is 17.8 Å². The zero-order chi connectivity index (χ0) is 22.1. The predicted octanol–water partition coefficient (Wildman–Crippen LogP) is 5.69. The van der Waals surface area contributed by atoms with Gasteiger partial charge in [0.05, 0.1) is 17.8 Å². The van der Waals surface area contributed by atoms with Gasteiger partial charge in [0.15, 0.2) is 0 Å². The molecule has 0 aromatic heterocycles. The first-order chi connectivity index (χ1) is 14.0. The van der Waals surface area contributed by atoms with Gasteiger partial charge in [-0.2, -0.15) is 0 Å². The molecule has 6 atom stereocenters. The van der Waals surface area contributed by atoms with Gasteiger partial charge in [-0.05, 0) is 112 Å². The van der Waals surface area contributed by atoms with Crippen LogP contribution < -0.4 is 0 Å². The van der Waals surface area contributed by atoms with E-state index in [1.807, 2.05) is 20.8 Å². The van der Waals surface area contributed by atoms with E-state index in [-0.39, 0.29) is 0 Å². The van der Waals surface area contributed by atoms with Crippen molar-refractivity contribution in [2.24, 2.45) is 23.2 Å².